The Labute approximate surface area is 211 Å². The number of ether oxygens (including phenoxy) is 1. The number of carbonyl (C=O) groups is 1. The molecule has 2 aliphatic carbocycles. The zero-order valence-corrected chi connectivity index (χ0v) is 20.5. The molecular formula is C27H31F6NO3. The third-order valence-corrected chi connectivity index (χ3v) is 7.78. The van der Waals surface area contributed by atoms with Crippen molar-refractivity contribution in [2.24, 2.45) is 11.8 Å². The van der Waals surface area contributed by atoms with Crippen LogP contribution in [0, 0.1) is 11.8 Å². The molecule has 37 heavy (non-hydrogen) atoms. The number of fused-ring (bicyclic) bond motifs is 1. The van der Waals surface area contributed by atoms with Gasteiger partial charge in [0, 0.05) is 12.1 Å². The number of hydrogen-bond acceptors (Lipinski definition) is 3. The average Bonchev–Trinajstić information content (AvgIpc) is 2.82. The number of nitrogens with one attached hydrogen (secondary N) is 1. The van der Waals surface area contributed by atoms with Crippen LogP contribution in [0.4, 0.5) is 26.3 Å². The van der Waals surface area contributed by atoms with Crippen molar-refractivity contribution in [3.8, 4) is 5.75 Å². The standard InChI is InChI=1S/C27H31F6NO3/c1-15(34-20-9-4-17(5-10-20)25(35)36)18-3-2-16-6-13-23(24(22(16)14-18)27(31,32)33)37-21-11-7-19(8-12-21)26(28,29)30/h2-3,6,13-15,17,19-21,34H,4-5,7-12H2,1H3,(H,35,36)/t15-,17?,19?,20?,21?/m0/s1. The first-order valence-electron chi connectivity index (χ1n) is 12.7. The number of halogens is 6. The summed E-state index contributed by atoms with van der Waals surface area (Å²) in [5.74, 6) is -2.96. The van der Waals surface area contributed by atoms with E-state index in [1.807, 2.05) is 6.92 Å². The van der Waals surface area contributed by atoms with Crippen molar-refractivity contribution in [1.82, 2.24) is 5.32 Å². The Bertz CT molecular complexity index is 1100. The molecule has 0 aliphatic heterocycles. The van der Waals surface area contributed by atoms with Crippen LogP contribution >= 0.6 is 0 Å². The molecule has 0 bridgehead atoms. The maximum absolute atomic E-state index is 14.3. The first-order valence-corrected chi connectivity index (χ1v) is 12.7. The zero-order valence-electron chi connectivity index (χ0n) is 20.5. The number of benzene rings is 2. The third-order valence-electron chi connectivity index (χ3n) is 7.78. The van der Waals surface area contributed by atoms with E-state index < -0.39 is 35.9 Å². The van der Waals surface area contributed by atoms with Crippen LogP contribution in [0.1, 0.15) is 75.5 Å². The van der Waals surface area contributed by atoms with Gasteiger partial charge in [-0.15, -0.1) is 0 Å². The second-order valence-electron chi connectivity index (χ2n) is 10.3. The lowest BCUT2D eigenvalue weighted by atomic mass is 9.85. The average molecular weight is 532 g/mol. The quantitative estimate of drug-likeness (QED) is 0.376. The highest BCUT2D eigenvalue weighted by Crippen LogP contribution is 2.44. The highest BCUT2D eigenvalue weighted by Gasteiger charge is 2.43. The van der Waals surface area contributed by atoms with E-state index in [0.717, 1.165) is 0 Å². The number of alkyl halides is 6. The van der Waals surface area contributed by atoms with Gasteiger partial charge >= 0.3 is 18.3 Å². The van der Waals surface area contributed by atoms with Gasteiger partial charge in [0.05, 0.1) is 17.9 Å². The van der Waals surface area contributed by atoms with E-state index in [1.54, 1.807) is 12.1 Å². The molecule has 0 radical (unpaired) electrons. The molecule has 2 aromatic carbocycles. The topological polar surface area (TPSA) is 58.6 Å². The minimum absolute atomic E-state index is 0.0188. The Kier molecular flexibility index (Phi) is 7.97. The third kappa shape index (κ3) is 6.51. The van der Waals surface area contributed by atoms with Crippen molar-refractivity contribution in [3.05, 3.63) is 41.5 Å². The van der Waals surface area contributed by atoms with E-state index in [-0.39, 0.29) is 54.8 Å². The highest BCUT2D eigenvalue weighted by atomic mass is 19.4. The van der Waals surface area contributed by atoms with Gasteiger partial charge in [0.2, 0.25) is 0 Å². The van der Waals surface area contributed by atoms with Gasteiger partial charge < -0.3 is 15.2 Å². The molecule has 0 saturated heterocycles. The Morgan fingerprint density at radius 1 is 0.946 bits per heavy atom. The van der Waals surface area contributed by atoms with E-state index in [1.165, 1.54) is 18.2 Å². The van der Waals surface area contributed by atoms with E-state index in [0.29, 0.717) is 36.6 Å². The molecule has 4 rings (SSSR count). The summed E-state index contributed by atoms with van der Waals surface area (Å²) >= 11 is 0. The first kappa shape index (κ1) is 27.5. The predicted molar refractivity (Wildman–Crippen MR) is 126 cm³/mol. The van der Waals surface area contributed by atoms with E-state index in [9.17, 15) is 36.2 Å². The fourth-order valence-electron chi connectivity index (χ4n) is 5.62. The summed E-state index contributed by atoms with van der Waals surface area (Å²) < 4.78 is 87.4. The number of carboxylic acid groups (broad SMARTS) is 1. The van der Waals surface area contributed by atoms with Crippen molar-refractivity contribution in [2.75, 3.05) is 0 Å². The van der Waals surface area contributed by atoms with Gasteiger partial charge in [-0.3, -0.25) is 4.79 Å². The van der Waals surface area contributed by atoms with Gasteiger partial charge in [0.1, 0.15) is 11.3 Å². The molecule has 2 aromatic rings. The number of hydrogen-bond donors (Lipinski definition) is 2. The van der Waals surface area contributed by atoms with E-state index in [2.05, 4.69) is 5.32 Å². The maximum atomic E-state index is 14.3. The Morgan fingerprint density at radius 2 is 1.57 bits per heavy atom. The molecule has 204 valence electrons. The minimum Gasteiger partial charge on any atom is -0.490 e. The Balaban J connectivity index is 1.54. The van der Waals surface area contributed by atoms with Crippen molar-refractivity contribution >= 4 is 16.7 Å². The van der Waals surface area contributed by atoms with Crippen LogP contribution in [0.25, 0.3) is 10.8 Å². The molecule has 0 aromatic heterocycles. The summed E-state index contributed by atoms with van der Waals surface area (Å²) in [7, 11) is 0. The van der Waals surface area contributed by atoms with Gasteiger partial charge in [-0.05, 0) is 86.8 Å². The molecule has 2 N–H and O–H groups in total. The molecule has 2 fully saturated rings. The van der Waals surface area contributed by atoms with E-state index in [4.69, 9.17) is 4.74 Å². The normalized spacial score (nSPS) is 26.1. The molecule has 0 spiro atoms. The Morgan fingerprint density at radius 3 is 2.14 bits per heavy atom. The van der Waals surface area contributed by atoms with Crippen molar-refractivity contribution in [2.45, 2.75) is 88.8 Å². The maximum Gasteiger partial charge on any atom is 0.420 e. The smallest absolute Gasteiger partial charge is 0.420 e. The lowest BCUT2D eigenvalue weighted by Crippen LogP contribution is -2.36. The number of aliphatic carboxylic acids is 1. The van der Waals surface area contributed by atoms with Crippen molar-refractivity contribution in [3.63, 3.8) is 0 Å². The van der Waals surface area contributed by atoms with Crippen LogP contribution in [0.15, 0.2) is 30.3 Å². The second kappa shape index (κ2) is 10.7. The number of rotatable bonds is 6. The molecule has 2 saturated carbocycles. The summed E-state index contributed by atoms with van der Waals surface area (Å²) in [5.41, 5.74) is -0.264. The van der Waals surface area contributed by atoms with Crippen LogP contribution < -0.4 is 10.1 Å². The van der Waals surface area contributed by atoms with Gasteiger partial charge in [-0.2, -0.15) is 26.3 Å². The van der Waals surface area contributed by atoms with Crippen molar-refractivity contribution < 1.29 is 41.0 Å². The fraction of sp³-hybridized carbons (Fsp3) is 0.593. The summed E-state index contributed by atoms with van der Waals surface area (Å²) in [5, 5.41) is 13.0. The summed E-state index contributed by atoms with van der Waals surface area (Å²) in [4.78, 5) is 11.2. The minimum atomic E-state index is -4.72. The van der Waals surface area contributed by atoms with Gasteiger partial charge in [-0.25, -0.2) is 0 Å². The largest absolute Gasteiger partial charge is 0.490 e. The summed E-state index contributed by atoms with van der Waals surface area (Å²) in [6.45, 7) is 1.86. The predicted octanol–water partition coefficient (Wildman–Crippen LogP) is 7.65. The van der Waals surface area contributed by atoms with Gasteiger partial charge in [-0.1, -0.05) is 18.2 Å². The van der Waals surface area contributed by atoms with Crippen LogP contribution in [-0.4, -0.2) is 29.4 Å². The molecule has 2 aliphatic rings. The molecule has 0 unspecified atom stereocenters. The molecule has 10 heteroatoms. The molecule has 4 nitrogen and oxygen atoms in total. The van der Waals surface area contributed by atoms with Gasteiger partial charge in [0.25, 0.3) is 0 Å². The number of carboxylic acids is 1. The van der Waals surface area contributed by atoms with E-state index >= 15 is 0 Å². The van der Waals surface area contributed by atoms with Gasteiger partial charge in [0.15, 0.2) is 0 Å². The first-order chi connectivity index (χ1) is 17.3. The lowest BCUT2D eigenvalue weighted by molar-refractivity contribution is -0.185. The second-order valence-corrected chi connectivity index (χ2v) is 10.3. The van der Waals surface area contributed by atoms with Crippen LogP contribution in [0.5, 0.6) is 5.75 Å². The monoisotopic (exact) mass is 531 g/mol. The van der Waals surface area contributed by atoms with Crippen LogP contribution in [0.2, 0.25) is 0 Å². The molecular weight excluding hydrogens is 500 g/mol. The van der Waals surface area contributed by atoms with Crippen molar-refractivity contribution in [1.29, 1.82) is 0 Å². The van der Waals surface area contributed by atoms with Crippen LogP contribution in [0.3, 0.4) is 0 Å². The zero-order chi connectivity index (χ0) is 27.0. The summed E-state index contributed by atoms with van der Waals surface area (Å²) in [6.07, 6.45) is -7.49. The molecule has 1 atom stereocenters. The lowest BCUT2D eigenvalue weighted by Gasteiger charge is -2.31. The highest BCUT2D eigenvalue weighted by molar-refractivity contribution is 5.89. The van der Waals surface area contributed by atoms with Crippen LogP contribution in [-0.2, 0) is 11.0 Å². The SMILES string of the molecule is C[C@H](NC1CCC(C(=O)O)CC1)c1ccc2ccc(OC3CCC(C(F)(F)F)CC3)c(C(F)(F)F)c2c1. The molecule has 0 heterocycles. The summed E-state index contributed by atoms with van der Waals surface area (Å²) in [6, 6.07) is 7.48. The fourth-order valence-corrected chi connectivity index (χ4v) is 5.62. The molecule has 0 amide bonds. The Hall–Kier alpha value is -2.49.